The number of sulfone groups is 1. The van der Waals surface area contributed by atoms with Gasteiger partial charge in [-0.15, -0.1) is 0 Å². The number of carboxylic acids is 1. The number of aliphatic carboxylic acids is 1. The van der Waals surface area contributed by atoms with Crippen LogP contribution < -0.4 is 19.5 Å². The predicted octanol–water partition coefficient (Wildman–Crippen LogP) is 4.91. The first-order valence-corrected chi connectivity index (χ1v) is 15.7. The van der Waals surface area contributed by atoms with Gasteiger partial charge in [0.05, 0.1) is 31.5 Å². The molecule has 0 bridgehead atoms. The molecule has 8 nitrogen and oxygen atoms in total. The summed E-state index contributed by atoms with van der Waals surface area (Å²) in [5.41, 5.74) is 6.37. The molecule has 2 aliphatic heterocycles. The van der Waals surface area contributed by atoms with Gasteiger partial charge in [-0.1, -0.05) is 30.3 Å². The number of carbonyl (C=O) groups is 1. The van der Waals surface area contributed by atoms with Crippen LogP contribution in [0.15, 0.2) is 54.6 Å². The van der Waals surface area contributed by atoms with Crippen LogP contribution in [-0.2, 0) is 27.6 Å². The van der Waals surface area contributed by atoms with Crippen LogP contribution in [0.2, 0.25) is 0 Å². The van der Waals surface area contributed by atoms with E-state index in [0.29, 0.717) is 32.8 Å². The SMILES string of the molecule is CS(=O)(=O)CCCOc1ccc2c(c1)CCOc1c(CNc3ccc4c(c3)OC[C@@H]4C3C[C@@H]3C(=O)O)cccc1-2. The Balaban J connectivity index is 1.14. The van der Waals surface area contributed by atoms with Gasteiger partial charge < -0.3 is 24.6 Å². The predicted molar refractivity (Wildman–Crippen MR) is 152 cm³/mol. The number of anilines is 1. The molecule has 1 saturated carbocycles. The van der Waals surface area contributed by atoms with E-state index in [2.05, 4.69) is 29.6 Å². The lowest BCUT2D eigenvalue weighted by Crippen LogP contribution is -2.08. The maximum atomic E-state index is 11.4. The van der Waals surface area contributed by atoms with Crippen LogP contribution >= 0.6 is 0 Å². The second-order valence-electron chi connectivity index (χ2n) is 10.9. The van der Waals surface area contributed by atoms with Gasteiger partial charge >= 0.3 is 5.97 Å². The Hall–Kier alpha value is -3.72. The molecule has 0 aromatic heterocycles. The van der Waals surface area contributed by atoms with E-state index in [1.165, 1.54) is 6.26 Å². The van der Waals surface area contributed by atoms with Gasteiger partial charge in [0, 0.05) is 53.6 Å². The van der Waals surface area contributed by atoms with Crippen LogP contribution in [0.1, 0.15) is 35.4 Å². The molecule has 0 spiro atoms. The highest BCUT2D eigenvalue weighted by Crippen LogP contribution is 2.53. The maximum Gasteiger partial charge on any atom is 0.306 e. The zero-order valence-electron chi connectivity index (χ0n) is 22.4. The average Bonchev–Trinajstić information content (AvgIpc) is 3.65. The first kappa shape index (κ1) is 26.5. The van der Waals surface area contributed by atoms with E-state index < -0.39 is 15.8 Å². The summed E-state index contributed by atoms with van der Waals surface area (Å²) in [6, 6.07) is 18.3. The Kier molecular flexibility index (Phi) is 7.08. The zero-order chi connectivity index (χ0) is 27.9. The minimum atomic E-state index is -2.99. The Morgan fingerprint density at radius 2 is 1.98 bits per heavy atom. The van der Waals surface area contributed by atoms with Crippen molar-refractivity contribution < 1.29 is 32.5 Å². The number of para-hydroxylation sites is 1. The molecule has 3 aromatic carbocycles. The molecule has 0 radical (unpaired) electrons. The highest BCUT2D eigenvalue weighted by molar-refractivity contribution is 7.90. The minimum Gasteiger partial charge on any atom is -0.494 e. The summed E-state index contributed by atoms with van der Waals surface area (Å²) in [6.07, 6.45) is 3.16. The molecule has 2 N–H and O–H groups in total. The van der Waals surface area contributed by atoms with Crippen molar-refractivity contribution in [3.63, 3.8) is 0 Å². The number of carboxylic acid groups (broad SMARTS) is 1. The van der Waals surface area contributed by atoms with Gasteiger partial charge in [-0.2, -0.15) is 0 Å². The highest BCUT2D eigenvalue weighted by Gasteiger charge is 2.50. The minimum absolute atomic E-state index is 0.114. The second kappa shape index (κ2) is 10.7. The van der Waals surface area contributed by atoms with Crippen LogP contribution in [0, 0.1) is 11.8 Å². The third-order valence-corrected chi connectivity index (χ3v) is 9.03. The fourth-order valence-electron chi connectivity index (χ4n) is 5.85. The van der Waals surface area contributed by atoms with Crippen LogP contribution in [0.4, 0.5) is 5.69 Å². The summed E-state index contributed by atoms with van der Waals surface area (Å²) < 4.78 is 40.7. The van der Waals surface area contributed by atoms with Gasteiger partial charge in [-0.25, -0.2) is 8.42 Å². The molecule has 0 amide bonds. The molecule has 3 aliphatic rings. The number of ether oxygens (including phenoxy) is 3. The van der Waals surface area contributed by atoms with Crippen molar-refractivity contribution in [3.05, 3.63) is 71.3 Å². The summed E-state index contributed by atoms with van der Waals surface area (Å²) >= 11 is 0. The van der Waals surface area contributed by atoms with Crippen LogP contribution in [0.3, 0.4) is 0 Å². The summed E-state index contributed by atoms with van der Waals surface area (Å²) in [5, 5.41) is 12.8. The lowest BCUT2D eigenvalue weighted by Gasteiger charge is -2.16. The number of fused-ring (bicyclic) bond motifs is 4. The normalized spacial score (nSPS) is 20.7. The molecular weight excluding hydrogens is 530 g/mol. The van der Waals surface area contributed by atoms with E-state index in [-0.39, 0.29) is 23.5 Å². The van der Waals surface area contributed by atoms with E-state index >= 15 is 0 Å². The second-order valence-corrected chi connectivity index (χ2v) is 13.2. The monoisotopic (exact) mass is 563 g/mol. The number of rotatable bonds is 10. The van der Waals surface area contributed by atoms with Crippen LogP contribution in [-0.4, -0.2) is 51.3 Å². The van der Waals surface area contributed by atoms with Crippen molar-refractivity contribution in [1.82, 2.24) is 0 Å². The number of hydrogen-bond acceptors (Lipinski definition) is 7. The van der Waals surface area contributed by atoms with E-state index in [0.717, 1.165) is 63.6 Å². The van der Waals surface area contributed by atoms with Crippen LogP contribution in [0.5, 0.6) is 17.2 Å². The molecule has 6 rings (SSSR count). The number of nitrogens with one attached hydrogen (secondary N) is 1. The summed E-state index contributed by atoms with van der Waals surface area (Å²) in [4.78, 5) is 11.3. The van der Waals surface area contributed by atoms with E-state index in [4.69, 9.17) is 14.2 Å². The van der Waals surface area contributed by atoms with E-state index in [1.807, 2.05) is 30.3 Å². The van der Waals surface area contributed by atoms with Gasteiger partial charge in [-0.05, 0) is 48.1 Å². The number of benzene rings is 3. The lowest BCUT2D eigenvalue weighted by atomic mass is 9.94. The Bertz CT molecular complexity index is 1550. The van der Waals surface area contributed by atoms with Crippen molar-refractivity contribution >= 4 is 21.5 Å². The molecule has 40 heavy (non-hydrogen) atoms. The molecule has 210 valence electrons. The van der Waals surface area contributed by atoms with Crippen molar-refractivity contribution in [2.45, 2.75) is 31.7 Å². The molecule has 2 heterocycles. The van der Waals surface area contributed by atoms with Gasteiger partial charge in [0.25, 0.3) is 0 Å². The van der Waals surface area contributed by atoms with E-state index in [9.17, 15) is 18.3 Å². The van der Waals surface area contributed by atoms with Crippen molar-refractivity contribution in [2.75, 3.05) is 37.1 Å². The third-order valence-electron chi connectivity index (χ3n) is 8.00. The molecule has 1 unspecified atom stereocenters. The topological polar surface area (TPSA) is 111 Å². The van der Waals surface area contributed by atoms with Gasteiger partial charge in [0.15, 0.2) is 0 Å². The first-order valence-electron chi connectivity index (χ1n) is 13.7. The Labute approximate surface area is 234 Å². The van der Waals surface area contributed by atoms with Crippen molar-refractivity contribution in [2.24, 2.45) is 11.8 Å². The molecule has 0 saturated heterocycles. The van der Waals surface area contributed by atoms with Gasteiger partial charge in [-0.3, -0.25) is 4.79 Å². The quantitative estimate of drug-likeness (QED) is 0.335. The maximum absolute atomic E-state index is 11.4. The summed E-state index contributed by atoms with van der Waals surface area (Å²) in [7, 11) is -2.99. The fraction of sp³-hybridized carbons (Fsp3) is 0.387. The number of hydrogen-bond donors (Lipinski definition) is 2. The first-order chi connectivity index (χ1) is 19.3. The molecule has 1 fully saturated rings. The van der Waals surface area contributed by atoms with Gasteiger partial charge in [0.1, 0.15) is 27.1 Å². The van der Waals surface area contributed by atoms with Crippen LogP contribution in [0.25, 0.3) is 11.1 Å². The smallest absolute Gasteiger partial charge is 0.306 e. The average molecular weight is 564 g/mol. The summed E-state index contributed by atoms with van der Waals surface area (Å²) in [6.45, 7) is 2.01. The molecule has 9 heteroatoms. The molecule has 1 aliphatic carbocycles. The standard InChI is InChI=1S/C31H33NO7S/c1-40(35,36)13-3-11-37-22-7-9-23-19(14-22)10-12-38-30-20(4-2-5-25(23)30)17-32-21-6-8-24-28(18-39-29(24)15-21)26-16-27(26)31(33)34/h2,4-9,14-15,26-28,32H,3,10-13,16-18H2,1H3,(H,33,34)/t26?,27-,28-/m0/s1. The molecule has 3 atom stereocenters. The Morgan fingerprint density at radius 3 is 2.77 bits per heavy atom. The lowest BCUT2D eigenvalue weighted by molar-refractivity contribution is -0.138. The van der Waals surface area contributed by atoms with Gasteiger partial charge in [0.2, 0.25) is 0 Å². The molecule has 3 aromatic rings. The summed E-state index contributed by atoms with van der Waals surface area (Å²) in [5.74, 6) is 1.90. The van der Waals surface area contributed by atoms with E-state index in [1.54, 1.807) is 0 Å². The van der Waals surface area contributed by atoms with Crippen molar-refractivity contribution in [3.8, 4) is 28.4 Å². The zero-order valence-corrected chi connectivity index (χ0v) is 23.2. The fourth-order valence-corrected chi connectivity index (χ4v) is 6.49. The molecular formula is C31H33NO7S. The highest BCUT2D eigenvalue weighted by atomic mass is 32.2. The largest absolute Gasteiger partial charge is 0.494 e. The Morgan fingerprint density at radius 1 is 1.10 bits per heavy atom. The van der Waals surface area contributed by atoms with Crippen molar-refractivity contribution in [1.29, 1.82) is 0 Å². The third kappa shape index (κ3) is 5.61.